The van der Waals surface area contributed by atoms with Gasteiger partial charge in [-0.15, -0.1) is 12.4 Å². The van der Waals surface area contributed by atoms with Crippen molar-refractivity contribution in [2.45, 2.75) is 33.2 Å². The molecule has 2 N–H and O–H groups in total. The highest BCUT2D eigenvalue weighted by atomic mass is 35.5. The van der Waals surface area contributed by atoms with E-state index in [1.165, 1.54) is 0 Å². The highest BCUT2D eigenvalue weighted by Crippen LogP contribution is 2.27. The summed E-state index contributed by atoms with van der Waals surface area (Å²) in [6.45, 7) is 6.53. The molecule has 0 spiro atoms. The van der Waals surface area contributed by atoms with Crippen molar-refractivity contribution in [2.75, 3.05) is 0 Å². The van der Waals surface area contributed by atoms with Gasteiger partial charge in [-0.05, 0) is 24.0 Å². The lowest BCUT2D eigenvalue weighted by Crippen LogP contribution is -2.18. The molecule has 0 aliphatic rings. The van der Waals surface area contributed by atoms with Crippen LogP contribution in [0.4, 0.5) is 0 Å². The van der Waals surface area contributed by atoms with Gasteiger partial charge in [-0.1, -0.05) is 20.8 Å². The molecule has 0 fully saturated rings. The van der Waals surface area contributed by atoms with Crippen molar-refractivity contribution in [3.63, 3.8) is 0 Å². The van der Waals surface area contributed by atoms with Crippen molar-refractivity contribution in [2.24, 2.45) is 11.1 Å². The number of furan rings is 1. The van der Waals surface area contributed by atoms with Crippen molar-refractivity contribution < 1.29 is 4.42 Å². The van der Waals surface area contributed by atoms with Crippen LogP contribution in [0.25, 0.3) is 0 Å². The molecule has 2 nitrogen and oxygen atoms in total. The molecule has 0 saturated heterocycles. The predicted molar refractivity (Wildman–Crippen MR) is 57.0 cm³/mol. The van der Waals surface area contributed by atoms with Gasteiger partial charge < -0.3 is 10.2 Å². The fourth-order valence-corrected chi connectivity index (χ4v) is 1.26. The third kappa shape index (κ3) is 4.34. The second kappa shape index (κ2) is 4.68. The average molecular weight is 204 g/mol. The van der Waals surface area contributed by atoms with E-state index in [-0.39, 0.29) is 23.9 Å². The van der Waals surface area contributed by atoms with Crippen molar-refractivity contribution in [3.8, 4) is 0 Å². The normalized spacial score (nSPS) is 13.5. The molecule has 1 aromatic heterocycles. The summed E-state index contributed by atoms with van der Waals surface area (Å²) >= 11 is 0. The Labute approximate surface area is 85.9 Å². The third-order valence-corrected chi connectivity index (χ3v) is 1.74. The summed E-state index contributed by atoms with van der Waals surface area (Å²) in [5.41, 5.74) is 6.19. The van der Waals surface area contributed by atoms with Crippen LogP contribution in [0, 0.1) is 5.41 Å². The first kappa shape index (κ1) is 12.5. The topological polar surface area (TPSA) is 39.2 Å². The molecule has 1 unspecified atom stereocenters. The van der Waals surface area contributed by atoms with Gasteiger partial charge in [0.1, 0.15) is 5.76 Å². The van der Waals surface area contributed by atoms with Crippen molar-refractivity contribution in [1.29, 1.82) is 0 Å². The highest BCUT2D eigenvalue weighted by molar-refractivity contribution is 5.85. The van der Waals surface area contributed by atoms with Gasteiger partial charge in [0.15, 0.2) is 0 Å². The van der Waals surface area contributed by atoms with Gasteiger partial charge in [0, 0.05) is 0 Å². The molecule has 0 bridgehead atoms. The first-order chi connectivity index (χ1) is 5.49. The summed E-state index contributed by atoms with van der Waals surface area (Å²) in [6, 6.07) is 3.83. The van der Waals surface area contributed by atoms with Crippen LogP contribution in [0.5, 0.6) is 0 Å². The summed E-state index contributed by atoms with van der Waals surface area (Å²) in [7, 11) is 0. The van der Waals surface area contributed by atoms with Gasteiger partial charge in [0.2, 0.25) is 0 Å². The molecule has 0 amide bonds. The second-order valence-corrected chi connectivity index (χ2v) is 4.39. The molecule has 13 heavy (non-hydrogen) atoms. The molecule has 0 aliphatic heterocycles. The van der Waals surface area contributed by atoms with Gasteiger partial charge in [-0.25, -0.2) is 0 Å². The first-order valence-electron chi connectivity index (χ1n) is 4.28. The molecule has 0 aliphatic carbocycles. The van der Waals surface area contributed by atoms with Crippen LogP contribution in [-0.4, -0.2) is 0 Å². The Balaban J connectivity index is 0.00000144. The van der Waals surface area contributed by atoms with Crippen molar-refractivity contribution >= 4 is 12.4 Å². The number of nitrogens with two attached hydrogens (primary N) is 1. The van der Waals surface area contributed by atoms with E-state index in [0.29, 0.717) is 0 Å². The lowest BCUT2D eigenvalue weighted by atomic mass is 9.88. The lowest BCUT2D eigenvalue weighted by molar-refractivity contribution is 0.317. The van der Waals surface area contributed by atoms with Crippen LogP contribution in [0.1, 0.15) is 39.0 Å². The van der Waals surface area contributed by atoms with E-state index in [0.717, 1.165) is 12.2 Å². The maximum absolute atomic E-state index is 5.93. The Hall–Kier alpha value is -0.470. The molecule has 1 rings (SSSR count). The van der Waals surface area contributed by atoms with E-state index in [2.05, 4.69) is 20.8 Å². The van der Waals surface area contributed by atoms with E-state index in [4.69, 9.17) is 10.2 Å². The van der Waals surface area contributed by atoms with E-state index in [9.17, 15) is 0 Å². The van der Waals surface area contributed by atoms with E-state index in [1.807, 2.05) is 12.1 Å². The molecule has 3 heteroatoms. The Morgan fingerprint density at radius 1 is 1.46 bits per heavy atom. The van der Waals surface area contributed by atoms with E-state index in [1.54, 1.807) is 6.26 Å². The monoisotopic (exact) mass is 203 g/mol. The Morgan fingerprint density at radius 3 is 2.46 bits per heavy atom. The smallest absolute Gasteiger partial charge is 0.120 e. The van der Waals surface area contributed by atoms with E-state index < -0.39 is 0 Å². The molecule has 0 saturated carbocycles. The Morgan fingerprint density at radius 2 is 2.08 bits per heavy atom. The SMILES string of the molecule is CC(C)(C)CC(N)c1ccco1.Cl. The minimum atomic E-state index is 0. The number of rotatable bonds is 2. The molecule has 0 radical (unpaired) electrons. The summed E-state index contributed by atoms with van der Waals surface area (Å²) in [6.07, 6.45) is 2.61. The average Bonchev–Trinajstić information content (AvgIpc) is 2.32. The fourth-order valence-electron chi connectivity index (χ4n) is 1.26. The molecule has 0 aromatic carbocycles. The quantitative estimate of drug-likeness (QED) is 0.802. The fraction of sp³-hybridized carbons (Fsp3) is 0.600. The summed E-state index contributed by atoms with van der Waals surface area (Å²) in [5, 5.41) is 0. The Kier molecular flexibility index (Phi) is 4.51. The van der Waals surface area contributed by atoms with Crippen molar-refractivity contribution in [1.82, 2.24) is 0 Å². The second-order valence-electron chi connectivity index (χ2n) is 4.39. The van der Waals surface area contributed by atoms with Gasteiger partial charge in [-0.3, -0.25) is 0 Å². The first-order valence-corrected chi connectivity index (χ1v) is 4.28. The van der Waals surface area contributed by atoms with Crippen LogP contribution >= 0.6 is 12.4 Å². The predicted octanol–water partition coefficient (Wildman–Crippen LogP) is 3.14. The summed E-state index contributed by atoms with van der Waals surface area (Å²) in [4.78, 5) is 0. The number of halogens is 1. The third-order valence-electron chi connectivity index (χ3n) is 1.74. The molecular formula is C10H18ClNO. The Bertz CT molecular complexity index is 226. The van der Waals surface area contributed by atoms with Crippen molar-refractivity contribution in [3.05, 3.63) is 24.2 Å². The van der Waals surface area contributed by atoms with Crippen LogP contribution < -0.4 is 5.73 Å². The van der Waals surface area contributed by atoms with Crippen LogP contribution in [-0.2, 0) is 0 Å². The van der Waals surface area contributed by atoms with Gasteiger partial charge >= 0.3 is 0 Å². The zero-order valence-electron chi connectivity index (χ0n) is 8.41. The van der Waals surface area contributed by atoms with Crippen LogP contribution in [0.3, 0.4) is 0 Å². The summed E-state index contributed by atoms with van der Waals surface area (Å²) < 4.78 is 5.22. The zero-order chi connectivity index (χ0) is 9.19. The van der Waals surface area contributed by atoms with Crippen LogP contribution in [0.2, 0.25) is 0 Å². The zero-order valence-corrected chi connectivity index (χ0v) is 9.23. The molecule has 1 aromatic rings. The number of hydrogen-bond acceptors (Lipinski definition) is 2. The van der Waals surface area contributed by atoms with E-state index >= 15 is 0 Å². The standard InChI is InChI=1S/C10H17NO.ClH/c1-10(2,3)7-8(11)9-5-4-6-12-9;/h4-6,8H,7,11H2,1-3H3;1H. The largest absolute Gasteiger partial charge is 0.468 e. The van der Waals surface area contributed by atoms with Gasteiger partial charge in [-0.2, -0.15) is 0 Å². The summed E-state index contributed by atoms with van der Waals surface area (Å²) in [5.74, 6) is 0.880. The molecular weight excluding hydrogens is 186 g/mol. The highest BCUT2D eigenvalue weighted by Gasteiger charge is 2.18. The lowest BCUT2D eigenvalue weighted by Gasteiger charge is -2.21. The number of hydrogen-bond donors (Lipinski definition) is 1. The minimum absolute atomic E-state index is 0. The van der Waals surface area contributed by atoms with Gasteiger partial charge in [0.25, 0.3) is 0 Å². The molecule has 1 atom stereocenters. The minimum Gasteiger partial charge on any atom is -0.468 e. The molecule has 1 heterocycles. The maximum atomic E-state index is 5.93. The van der Waals surface area contributed by atoms with Gasteiger partial charge in [0.05, 0.1) is 12.3 Å². The van der Waals surface area contributed by atoms with Crippen LogP contribution in [0.15, 0.2) is 22.8 Å². The maximum Gasteiger partial charge on any atom is 0.120 e. The molecule has 76 valence electrons.